The predicted molar refractivity (Wildman–Crippen MR) is 78.9 cm³/mol. The van der Waals surface area contributed by atoms with Crippen molar-refractivity contribution in [1.82, 2.24) is 9.80 Å². The Labute approximate surface area is 118 Å². The van der Waals surface area contributed by atoms with E-state index in [-0.39, 0.29) is 5.41 Å². The maximum Gasteiger partial charge on any atom is 0.0683 e. The third-order valence-corrected chi connectivity index (χ3v) is 4.72. The first kappa shape index (κ1) is 14.8. The van der Waals surface area contributed by atoms with Crippen LogP contribution in [-0.2, 0) is 0 Å². The van der Waals surface area contributed by atoms with Gasteiger partial charge in [-0.3, -0.25) is 4.90 Å². The molecule has 0 radical (unpaired) electrons. The highest BCUT2D eigenvalue weighted by molar-refractivity contribution is 4.91. The van der Waals surface area contributed by atoms with Crippen molar-refractivity contribution in [1.29, 1.82) is 5.26 Å². The molecule has 2 saturated heterocycles. The van der Waals surface area contributed by atoms with Gasteiger partial charge in [-0.05, 0) is 72.1 Å². The zero-order valence-corrected chi connectivity index (χ0v) is 12.7. The molecule has 0 aromatic rings. The largest absolute Gasteiger partial charge is 0.302 e. The third-order valence-electron chi connectivity index (χ3n) is 4.72. The summed E-state index contributed by atoms with van der Waals surface area (Å²) in [6.07, 6.45) is 7.60. The van der Waals surface area contributed by atoms with Crippen molar-refractivity contribution in [3.8, 4) is 6.07 Å². The first-order valence-corrected chi connectivity index (χ1v) is 7.98. The van der Waals surface area contributed by atoms with Gasteiger partial charge in [0.25, 0.3) is 0 Å². The molecule has 0 aromatic carbocycles. The molecule has 0 spiro atoms. The highest BCUT2D eigenvalue weighted by Gasteiger charge is 2.28. The molecule has 3 heteroatoms. The zero-order chi connectivity index (χ0) is 13.7. The lowest BCUT2D eigenvalue weighted by molar-refractivity contribution is 0.216. The molecule has 0 saturated carbocycles. The summed E-state index contributed by atoms with van der Waals surface area (Å²) in [6.45, 7) is 10.5. The Morgan fingerprint density at radius 1 is 1.16 bits per heavy atom. The Morgan fingerprint density at radius 2 is 1.95 bits per heavy atom. The molecule has 1 unspecified atom stereocenters. The number of fused-ring (bicyclic) bond motifs is 1. The standard InChI is InChI=1S/C16H29N3/c1-16(2,14-17)8-3-4-9-18-10-6-12-19-11-5-7-15(19)13-18/h15H,3-13H2,1-2H3. The van der Waals surface area contributed by atoms with E-state index in [9.17, 15) is 0 Å². The SMILES string of the molecule is CC(C)(C#N)CCCCN1CCCN2CCCC2C1. The van der Waals surface area contributed by atoms with Gasteiger partial charge in [-0.25, -0.2) is 0 Å². The Hall–Kier alpha value is -0.590. The second kappa shape index (κ2) is 6.72. The lowest BCUT2D eigenvalue weighted by Crippen LogP contribution is -2.37. The smallest absolute Gasteiger partial charge is 0.0683 e. The van der Waals surface area contributed by atoms with Crippen molar-refractivity contribution in [3.05, 3.63) is 0 Å². The molecule has 0 N–H and O–H groups in total. The van der Waals surface area contributed by atoms with Crippen LogP contribution in [0.1, 0.15) is 52.4 Å². The molecule has 2 heterocycles. The maximum atomic E-state index is 9.02. The highest BCUT2D eigenvalue weighted by Crippen LogP contribution is 2.23. The van der Waals surface area contributed by atoms with Gasteiger partial charge in [-0.15, -0.1) is 0 Å². The van der Waals surface area contributed by atoms with Gasteiger partial charge in [0.15, 0.2) is 0 Å². The summed E-state index contributed by atoms with van der Waals surface area (Å²) in [6, 6.07) is 3.23. The van der Waals surface area contributed by atoms with Crippen molar-refractivity contribution in [2.24, 2.45) is 5.41 Å². The molecular weight excluding hydrogens is 234 g/mol. The molecule has 2 rings (SSSR count). The van der Waals surface area contributed by atoms with Gasteiger partial charge in [0.05, 0.1) is 11.5 Å². The second-order valence-electron chi connectivity index (χ2n) is 6.94. The minimum atomic E-state index is -0.138. The minimum absolute atomic E-state index is 0.138. The second-order valence-corrected chi connectivity index (χ2v) is 6.94. The van der Waals surface area contributed by atoms with E-state index in [4.69, 9.17) is 5.26 Å². The summed E-state index contributed by atoms with van der Waals surface area (Å²) in [4.78, 5) is 5.36. The lowest BCUT2D eigenvalue weighted by atomic mass is 9.89. The van der Waals surface area contributed by atoms with E-state index in [0.717, 1.165) is 12.5 Å². The number of nitrogens with zero attached hydrogens (tertiary/aromatic N) is 3. The lowest BCUT2D eigenvalue weighted by Gasteiger charge is -2.25. The summed E-state index contributed by atoms with van der Waals surface area (Å²) in [5, 5.41) is 9.02. The van der Waals surface area contributed by atoms with Crippen LogP contribution in [0.5, 0.6) is 0 Å². The van der Waals surface area contributed by atoms with E-state index in [1.165, 1.54) is 64.8 Å². The average molecular weight is 263 g/mol. The molecule has 108 valence electrons. The molecule has 0 aliphatic carbocycles. The van der Waals surface area contributed by atoms with E-state index in [0.29, 0.717) is 0 Å². The van der Waals surface area contributed by atoms with Gasteiger partial charge in [0, 0.05) is 12.6 Å². The molecule has 3 nitrogen and oxygen atoms in total. The van der Waals surface area contributed by atoms with Gasteiger partial charge < -0.3 is 4.90 Å². The molecule has 2 aliphatic heterocycles. The van der Waals surface area contributed by atoms with Crippen molar-refractivity contribution in [2.45, 2.75) is 58.4 Å². The van der Waals surface area contributed by atoms with Crippen LogP contribution in [0.25, 0.3) is 0 Å². The Bertz CT molecular complexity index is 318. The summed E-state index contributed by atoms with van der Waals surface area (Å²) in [5.74, 6) is 0. The molecule has 1 atom stereocenters. The molecule has 2 aliphatic rings. The molecule has 0 aromatic heterocycles. The Morgan fingerprint density at radius 3 is 2.74 bits per heavy atom. The van der Waals surface area contributed by atoms with Crippen LogP contribution in [0, 0.1) is 16.7 Å². The number of nitriles is 1. The first-order valence-electron chi connectivity index (χ1n) is 7.98. The van der Waals surface area contributed by atoms with E-state index >= 15 is 0 Å². The topological polar surface area (TPSA) is 30.3 Å². The van der Waals surface area contributed by atoms with Crippen LogP contribution < -0.4 is 0 Å². The van der Waals surface area contributed by atoms with Crippen LogP contribution in [0.2, 0.25) is 0 Å². The van der Waals surface area contributed by atoms with Crippen molar-refractivity contribution in [3.63, 3.8) is 0 Å². The van der Waals surface area contributed by atoms with Crippen LogP contribution in [0.3, 0.4) is 0 Å². The van der Waals surface area contributed by atoms with Crippen molar-refractivity contribution >= 4 is 0 Å². The van der Waals surface area contributed by atoms with Gasteiger partial charge in [-0.2, -0.15) is 5.26 Å². The summed E-state index contributed by atoms with van der Waals surface area (Å²) in [5.41, 5.74) is -0.138. The van der Waals surface area contributed by atoms with Crippen LogP contribution >= 0.6 is 0 Å². The quantitative estimate of drug-likeness (QED) is 0.715. The molecule has 2 fully saturated rings. The van der Waals surface area contributed by atoms with E-state index < -0.39 is 0 Å². The maximum absolute atomic E-state index is 9.02. The average Bonchev–Trinajstić information content (AvgIpc) is 2.73. The minimum Gasteiger partial charge on any atom is -0.302 e. The molecule has 0 amide bonds. The van der Waals surface area contributed by atoms with Gasteiger partial charge >= 0.3 is 0 Å². The van der Waals surface area contributed by atoms with Crippen LogP contribution in [0.4, 0.5) is 0 Å². The fourth-order valence-electron chi connectivity index (χ4n) is 3.44. The third kappa shape index (κ3) is 4.47. The normalized spacial score (nSPS) is 25.8. The molecule has 0 bridgehead atoms. The predicted octanol–water partition coefficient (Wildman–Crippen LogP) is 2.88. The number of hydrogen-bond acceptors (Lipinski definition) is 3. The number of hydrogen-bond donors (Lipinski definition) is 0. The van der Waals surface area contributed by atoms with Crippen LogP contribution in [-0.4, -0.2) is 48.6 Å². The van der Waals surface area contributed by atoms with E-state index in [1.54, 1.807) is 0 Å². The number of rotatable bonds is 5. The van der Waals surface area contributed by atoms with Gasteiger partial charge in [0.2, 0.25) is 0 Å². The monoisotopic (exact) mass is 263 g/mol. The molecular formula is C16H29N3. The summed E-state index contributed by atoms with van der Waals surface area (Å²) < 4.78 is 0. The van der Waals surface area contributed by atoms with Crippen molar-refractivity contribution < 1.29 is 0 Å². The Balaban J connectivity index is 1.67. The zero-order valence-electron chi connectivity index (χ0n) is 12.7. The first-order chi connectivity index (χ1) is 9.11. The fraction of sp³-hybridized carbons (Fsp3) is 0.938. The van der Waals surface area contributed by atoms with Gasteiger partial charge in [0.1, 0.15) is 0 Å². The van der Waals surface area contributed by atoms with Crippen molar-refractivity contribution in [2.75, 3.05) is 32.7 Å². The Kier molecular flexibility index (Phi) is 5.24. The van der Waals surface area contributed by atoms with E-state index in [2.05, 4.69) is 29.7 Å². The fourth-order valence-corrected chi connectivity index (χ4v) is 3.44. The van der Waals surface area contributed by atoms with E-state index in [1.807, 2.05) is 0 Å². The van der Waals surface area contributed by atoms with Crippen LogP contribution in [0.15, 0.2) is 0 Å². The van der Waals surface area contributed by atoms with Gasteiger partial charge in [-0.1, -0.05) is 6.42 Å². The number of unbranched alkanes of at least 4 members (excludes halogenated alkanes) is 1. The summed E-state index contributed by atoms with van der Waals surface area (Å²) >= 11 is 0. The summed E-state index contributed by atoms with van der Waals surface area (Å²) in [7, 11) is 0. The highest BCUT2D eigenvalue weighted by atomic mass is 15.3. The molecule has 19 heavy (non-hydrogen) atoms.